The number of hydrogen-bond acceptors (Lipinski definition) is 2. The first kappa shape index (κ1) is 8.60. The third-order valence-electron chi connectivity index (χ3n) is 1.49. The van der Waals surface area contributed by atoms with Gasteiger partial charge in [-0.3, -0.25) is 0 Å². The van der Waals surface area contributed by atoms with Gasteiger partial charge in [-0.25, -0.2) is 0 Å². The second-order valence-electron chi connectivity index (χ2n) is 2.41. The number of thiophene rings is 1. The molecule has 0 bridgehead atoms. The Morgan fingerprint density at radius 1 is 1.45 bits per heavy atom. The summed E-state index contributed by atoms with van der Waals surface area (Å²) in [5.41, 5.74) is 0. The molecule has 0 N–H and O–H groups in total. The third-order valence-corrected chi connectivity index (χ3v) is 2.53. The first-order valence-corrected chi connectivity index (χ1v) is 4.95. The summed E-state index contributed by atoms with van der Waals surface area (Å²) < 4.78 is 5.53. The Balaban J connectivity index is 2.54. The normalized spacial score (nSPS) is 10.0. The van der Waals surface area contributed by atoms with Gasteiger partial charge in [-0.1, -0.05) is 13.8 Å². The quantitative estimate of drug-likeness (QED) is 0.674. The highest BCUT2D eigenvalue weighted by molar-refractivity contribution is 7.10. The van der Waals surface area contributed by atoms with Crippen molar-refractivity contribution in [3.05, 3.63) is 16.3 Å². The monoisotopic (exact) mass is 170 g/mol. The van der Waals surface area contributed by atoms with Crippen molar-refractivity contribution in [3.8, 4) is 5.75 Å². The van der Waals surface area contributed by atoms with Gasteiger partial charge in [-0.15, -0.1) is 11.3 Å². The number of hydrogen-bond donors (Lipinski definition) is 0. The zero-order chi connectivity index (χ0) is 8.10. The first-order chi connectivity index (χ1) is 5.38. The molecule has 0 amide bonds. The highest BCUT2D eigenvalue weighted by Crippen LogP contribution is 2.24. The van der Waals surface area contributed by atoms with Gasteiger partial charge < -0.3 is 4.74 Å². The highest BCUT2D eigenvalue weighted by Gasteiger charge is 2.01. The summed E-state index contributed by atoms with van der Waals surface area (Å²) in [5, 5.41) is 2.09. The summed E-state index contributed by atoms with van der Waals surface area (Å²) in [7, 11) is 0. The molecule has 0 aliphatic carbocycles. The van der Waals surface area contributed by atoms with E-state index in [1.807, 2.05) is 0 Å². The second kappa shape index (κ2) is 4.39. The Kier molecular flexibility index (Phi) is 3.43. The van der Waals surface area contributed by atoms with Crippen molar-refractivity contribution in [2.24, 2.45) is 0 Å². The fourth-order valence-corrected chi connectivity index (χ4v) is 1.69. The van der Waals surface area contributed by atoms with Crippen LogP contribution in [0, 0.1) is 0 Å². The van der Waals surface area contributed by atoms with E-state index in [0.717, 1.165) is 25.2 Å². The van der Waals surface area contributed by atoms with E-state index in [9.17, 15) is 0 Å². The molecule has 1 rings (SSSR count). The Labute approximate surface area is 72.0 Å². The minimum absolute atomic E-state index is 0.837. The van der Waals surface area contributed by atoms with E-state index in [-0.39, 0.29) is 0 Å². The van der Waals surface area contributed by atoms with Crippen LogP contribution in [0.1, 0.15) is 25.1 Å². The maximum Gasteiger partial charge on any atom is 0.133 e. The number of ether oxygens (including phenoxy) is 1. The van der Waals surface area contributed by atoms with E-state index >= 15 is 0 Å². The summed E-state index contributed by atoms with van der Waals surface area (Å²) in [4.78, 5) is 1.36. The average Bonchev–Trinajstić information content (AvgIpc) is 2.47. The van der Waals surface area contributed by atoms with Gasteiger partial charge in [0.2, 0.25) is 0 Å². The van der Waals surface area contributed by atoms with E-state index in [1.54, 1.807) is 11.3 Å². The Bertz CT molecular complexity index is 205. The number of aryl methyl sites for hydroxylation is 1. The highest BCUT2D eigenvalue weighted by atomic mass is 32.1. The van der Waals surface area contributed by atoms with Crippen LogP contribution in [0.4, 0.5) is 0 Å². The van der Waals surface area contributed by atoms with Crippen molar-refractivity contribution in [2.75, 3.05) is 6.61 Å². The summed E-state index contributed by atoms with van der Waals surface area (Å²) >= 11 is 1.77. The Morgan fingerprint density at radius 3 is 2.91 bits per heavy atom. The zero-order valence-corrected chi connectivity index (χ0v) is 7.91. The lowest BCUT2D eigenvalue weighted by molar-refractivity contribution is 0.316. The topological polar surface area (TPSA) is 9.23 Å². The minimum atomic E-state index is 0.837. The van der Waals surface area contributed by atoms with Crippen LogP contribution < -0.4 is 4.74 Å². The van der Waals surface area contributed by atoms with Crippen molar-refractivity contribution >= 4 is 11.3 Å². The molecular formula is C9H14OS. The first-order valence-electron chi connectivity index (χ1n) is 4.07. The minimum Gasteiger partial charge on any atom is -0.492 e. The predicted octanol–water partition coefficient (Wildman–Crippen LogP) is 3.10. The average molecular weight is 170 g/mol. The molecule has 0 aromatic carbocycles. The van der Waals surface area contributed by atoms with Crippen LogP contribution >= 0.6 is 11.3 Å². The molecule has 62 valence electrons. The zero-order valence-electron chi connectivity index (χ0n) is 7.09. The molecule has 1 heterocycles. The van der Waals surface area contributed by atoms with Gasteiger partial charge in [0.25, 0.3) is 0 Å². The van der Waals surface area contributed by atoms with Crippen LogP contribution in [0.25, 0.3) is 0 Å². The Morgan fingerprint density at radius 2 is 2.27 bits per heavy atom. The largest absolute Gasteiger partial charge is 0.492 e. The molecular weight excluding hydrogens is 156 g/mol. The molecule has 0 radical (unpaired) electrons. The molecule has 0 saturated heterocycles. The van der Waals surface area contributed by atoms with Crippen molar-refractivity contribution < 1.29 is 4.74 Å². The van der Waals surface area contributed by atoms with Crippen LogP contribution in [0.2, 0.25) is 0 Å². The van der Waals surface area contributed by atoms with Crippen molar-refractivity contribution in [1.82, 2.24) is 0 Å². The smallest absolute Gasteiger partial charge is 0.133 e. The van der Waals surface area contributed by atoms with E-state index in [0.29, 0.717) is 0 Å². The molecule has 0 spiro atoms. The maximum absolute atomic E-state index is 5.53. The molecule has 1 aromatic heterocycles. The summed E-state index contributed by atoms with van der Waals surface area (Å²) in [6.07, 6.45) is 2.16. The van der Waals surface area contributed by atoms with Crippen LogP contribution in [0.3, 0.4) is 0 Å². The summed E-state index contributed by atoms with van der Waals surface area (Å²) in [6.45, 7) is 5.12. The lowest BCUT2D eigenvalue weighted by atomic mass is 10.3. The van der Waals surface area contributed by atoms with E-state index in [2.05, 4.69) is 25.3 Å². The molecule has 1 aromatic rings. The van der Waals surface area contributed by atoms with E-state index in [1.165, 1.54) is 4.88 Å². The van der Waals surface area contributed by atoms with Gasteiger partial charge in [0.15, 0.2) is 0 Å². The van der Waals surface area contributed by atoms with Gasteiger partial charge in [-0.05, 0) is 24.3 Å². The standard InChI is InChI=1S/C9H14OS/c1-3-6-10-8-5-7-11-9(8)4-2/h5,7H,3-4,6H2,1-2H3. The lowest BCUT2D eigenvalue weighted by Gasteiger charge is -2.02. The summed E-state index contributed by atoms with van der Waals surface area (Å²) in [5.74, 6) is 1.08. The fourth-order valence-electron chi connectivity index (χ4n) is 0.927. The van der Waals surface area contributed by atoms with Gasteiger partial charge in [-0.2, -0.15) is 0 Å². The predicted molar refractivity (Wildman–Crippen MR) is 49.5 cm³/mol. The van der Waals surface area contributed by atoms with E-state index in [4.69, 9.17) is 4.74 Å². The van der Waals surface area contributed by atoms with Crippen LogP contribution in [0.15, 0.2) is 11.4 Å². The fraction of sp³-hybridized carbons (Fsp3) is 0.556. The van der Waals surface area contributed by atoms with Gasteiger partial charge in [0, 0.05) is 4.88 Å². The van der Waals surface area contributed by atoms with Crippen molar-refractivity contribution in [2.45, 2.75) is 26.7 Å². The lowest BCUT2D eigenvalue weighted by Crippen LogP contribution is -1.95. The molecule has 0 aliphatic heterocycles. The maximum atomic E-state index is 5.53. The van der Waals surface area contributed by atoms with Crippen LogP contribution in [-0.2, 0) is 6.42 Å². The third kappa shape index (κ3) is 2.22. The molecule has 0 atom stereocenters. The molecule has 0 unspecified atom stereocenters. The summed E-state index contributed by atoms with van der Waals surface area (Å²) in [6, 6.07) is 2.05. The Hall–Kier alpha value is -0.500. The van der Waals surface area contributed by atoms with Gasteiger partial charge in [0.05, 0.1) is 6.61 Å². The van der Waals surface area contributed by atoms with Crippen molar-refractivity contribution in [1.29, 1.82) is 0 Å². The van der Waals surface area contributed by atoms with E-state index < -0.39 is 0 Å². The van der Waals surface area contributed by atoms with Gasteiger partial charge >= 0.3 is 0 Å². The second-order valence-corrected chi connectivity index (χ2v) is 3.41. The van der Waals surface area contributed by atoms with Gasteiger partial charge in [0.1, 0.15) is 5.75 Å². The molecule has 1 nitrogen and oxygen atoms in total. The van der Waals surface area contributed by atoms with Crippen LogP contribution in [-0.4, -0.2) is 6.61 Å². The number of rotatable bonds is 4. The molecule has 0 saturated carbocycles. The SMILES string of the molecule is CCCOc1ccsc1CC. The van der Waals surface area contributed by atoms with Crippen molar-refractivity contribution in [3.63, 3.8) is 0 Å². The molecule has 2 heteroatoms. The van der Waals surface area contributed by atoms with Crippen LogP contribution in [0.5, 0.6) is 5.75 Å². The molecule has 11 heavy (non-hydrogen) atoms. The molecule has 0 fully saturated rings. The molecule has 0 aliphatic rings.